The lowest BCUT2D eigenvalue weighted by molar-refractivity contribution is 0.502. The minimum atomic E-state index is -0.821. The molecule has 1 saturated carbocycles. The van der Waals surface area contributed by atoms with Crippen molar-refractivity contribution < 1.29 is 1.37 Å². The molecule has 0 nitrogen and oxygen atoms in total. The third kappa shape index (κ3) is 1.43. The highest BCUT2D eigenvalue weighted by Crippen LogP contribution is 2.70. The maximum absolute atomic E-state index is 8.55. The largest absolute Gasteiger partial charge is 0.0745 e. The standard InChI is InChI=1S/C11H22P/c1-2-12(11-7-6-8-11)9-4-3-5-10-12/h11H,2-10H2,1H3/q+1/i11D. The summed E-state index contributed by atoms with van der Waals surface area (Å²) >= 11 is 0. The highest BCUT2D eigenvalue weighted by molar-refractivity contribution is 7.76. The van der Waals surface area contributed by atoms with Gasteiger partial charge in [0.05, 0.1) is 25.5 Å². The smallest absolute Gasteiger partial charge is 0.0464 e. The van der Waals surface area contributed by atoms with Gasteiger partial charge in [-0.2, -0.15) is 0 Å². The van der Waals surface area contributed by atoms with Crippen molar-refractivity contribution in [1.29, 1.82) is 0 Å². The van der Waals surface area contributed by atoms with Gasteiger partial charge in [-0.25, -0.2) is 0 Å². The summed E-state index contributed by atoms with van der Waals surface area (Å²) in [6.45, 7) is 2.35. The van der Waals surface area contributed by atoms with Crippen LogP contribution >= 0.6 is 7.26 Å². The van der Waals surface area contributed by atoms with Crippen LogP contribution in [0.25, 0.3) is 0 Å². The average molecular weight is 186 g/mol. The molecule has 0 unspecified atom stereocenters. The second kappa shape index (κ2) is 3.66. The molecule has 0 bridgehead atoms. The normalized spacial score (nSPS) is 33.6. The Labute approximate surface area is 78.9 Å². The molecule has 1 heteroatoms. The first-order valence-corrected chi connectivity index (χ1v) is 7.93. The lowest BCUT2D eigenvalue weighted by Gasteiger charge is -2.41. The highest BCUT2D eigenvalue weighted by Gasteiger charge is 2.47. The Morgan fingerprint density at radius 3 is 2.25 bits per heavy atom. The molecule has 0 radical (unpaired) electrons. The van der Waals surface area contributed by atoms with Crippen LogP contribution in [0.15, 0.2) is 0 Å². The van der Waals surface area contributed by atoms with E-state index in [1.165, 1.54) is 57.0 Å². The van der Waals surface area contributed by atoms with Crippen LogP contribution in [0, 0.1) is 0 Å². The maximum Gasteiger partial charge on any atom is 0.0745 e. The van der Waals surface area contributed by atoms with E-state index in [0.717, 1.165) is 0 Å². The predicted octanol–water partition coefficient (Wildman–Crippen LogP) is 3.76. The molecule has 2 aliphatic rings. The second-order valence-electron chi connectivity index (χ2n) is 4.39. The van der Waals surface area contributed by atoms with E-state index in [4.69, 9.17) is 1.37 Å². The molecule has 1 heterocycles. The Morgan fingerprint density at radius 2 is 1.83 bits per heavy atom. The van der Waals surface area contributed by atoms with Gasteiger partial charge in [0, 0.05) is 7.26 Å². The molecular formula is C11H22P+. The van der Waals surface area contributed by atoms with Gasteiger partial charge >= 0.3 is 0 Å². The van der Waals surface area contributed by atoms with Crippen LogP contribution in [0.1, 0.15) is 46.8 Å². The summed E-state index contributed by atoms with van der Waals surface area (Å²) in [5.74, 6) is 0. The summed E-state index contributed by atoms with van der Waals surface area (Å²) in [6, 6.07) is 0. The maximum atomic E-state index is 8.55. The quantitative estimate of drug-likeness (QED) is 0.576. The van der Waals surface area contributed by atoms with Gasteiger partial charge in [-0.05, 0) is 45.4 Å². The van der Waals surface area contributed by atoms with E-state index in [1.54, 1.807) is 0 Å². The summed E-state index contributed by atoms with van der Waals surface area (Å²) in [4.78, 5) is 0. The van der Waals surface area contributed by atoms with E-state index in [2.05, 4.69) is 6.92 Å². The number of hydrogen-bond acceptors (Lipinski definition) is 0. The lowest BCUT2D eigenvalue weighted by atomic mass is 10.00. The molecule has 2 rings (SSSR count). The monoisotopic (exact) mass is 186 g/mol. The Hall–Kier alpha value is 0.430. The Balaban J connectivity index is 2.12. The summed E-state index contributed by atoms with van der Waals surface area (Å²) in [5.41, 5.74) is 0.0994. The van der Waals surface area contributed by atoms with Crippen molar-refractivity contribution in [2.45, 2.75) is 51.1 Å². The van der Waals surface area contributed by atoms with Crippen molar-refractivity contribution in [1.82, 2.24) is 0 Å². The first-order chi connectivity index (χ1) is 6.22. The average Bonchev–Trinajstić information content (AvgIpc) is 2.15. The van der Waals surface area contributed by atoms with Crippen molar-refractivity contribution in [2.75, 3.05) is 18.5 Å². The van der Waals surface area contributed by atoms with E-state index in [-0.39, 0.29) is 5.64 Å². The molecule has 1 aliphatic heterocycles. The molecular weight excluding hydrogens is 163 g/mol. The van der Waals surface area contributed by atoms with Gasteiger partial charge in [-0.15, -0.1) is 0 Å². The summed E-state index contributed by atoms with van der Waals surface area (Å²) in [7, 11) is -0.821. The van der Waals surface area contributed by atoms with Gasteiger partial charge in [0.25, 0.3) is 0 Å². The summed E-state index contributed by atoms with van der Waals surface area (Å²) < 4.78 is 8.55. The Kier molecular flexibility index (Phi) is 2.38. The Bertz CT molecular complexity index is 181. The van der Waals surface area contributed by atoms with Crippen LogP contribution in [0.4, 0.5) is 0 Å². The zero-order chi connectivity index (χ0) is 9.36. The van der Waals surface area contributed by atoms with Crippen LogP contribution < -0.4 is 0 Å². The Morgan fingerprint density at radius 1 is 1.17 bits per heavy atom. The number of rotatable bonds is 2. The SMILES string of the molecule is [2H]C1([P+]2(CC)CCCCC2)CCC1. The van der Waals surface area contributed by atoms with Crippen LogP contribution in [-0.2, 0) is 0 Å². The highest BCUT2D eigenvalue weighted by atomic mass is 31.2. The van der Waals surface area contributed by atoms with Gasteiger partial charge in [0.15, 0.2) is 0 Å². The van der Waals surface area contributed by atoms with Crippen LogP contribution in [0.3, 0.4) is 0 Å². The molecule has 12 heavy (non-hydrogen) atoms. The van der Waals surface area contributed by atoms with Crippen molar-refractivity contribution in [2.24, 2.45) is 0 Å². The summed E-state index contributed by atoms with van der Waals surface area (Å²) in [5, 5.41) is 0. The summed E-state index contributed by atoms with van der Waals surface area (Å²) in [6.07, 6.45) is 12.4. The van der Waals surface area contributed by atoms with Crippen molar-refractivity contribution in [3.63, 3.8) is 0 Å². The van der Waals surface area contributed by atoms with Gasteiger partial charge in [-0.1, -0.05) is 0 Å². The van der Waals surface area contributed by atoms with E-state index >= 15 is 0 Å². The van der Waals surface area contributed by atoms with Crippen LogP contribution in [0.2, 0.25) is 0 Å². The van der Waals surface area contributed by atoms with Crippen LogP contribution in [0.5, 0.6) is 0 Å². The molecule has 0 spiro atoms. The fraction of sp³-hybridized carbons (Fsp3) is 1.00. The van der Waals surface area contributed by atoms with E-state index in [1.807, 2.05) is 0 Å². The predicted molar refractivity (Wildman–Crippen MR) is 58.7 cm³/mol. The topological polar surface area (TPSA) is 0 Å². The fourth-order valence-corrected chi connectivity index (χ4v) is 7.64. The van der Waals surface area contributed by atoms with E-state index in [9.17, 15) is 0 Å². The third-order valence-corrected chi connectivity index (χ3v) is 9.22. The van der Waals surface area contributed by atoms with Crippen molar-refractivity contribution >= 4 is 7.26 Å². The van der Waals surface area contributed by atoms with E-state index < -0.39 is 7.26 Å². The van der Waals surface area contributed by atoms with Gasteiger partial charge in [0.2, 0.25) is 0 Å². The minimum Gasteiger partial charge on any atom is -0.0464 e. The zero-order valence-electron chi connectivity index (χ0n) is 9.31. The first kappa shape index (κ1) is 7.80. The zero-order valence-corrected chi connectivity index (χ0v) is 9.21. The third-order valence-electron chi connectivity index (χ3n) is 3.88. The van der Waals surface area contributed by atoms with Crippen LogP contribution in [-0.4, -0.2) is 24.1 Å². The molecule has 0 N–H and O–H groups in total. The molecule has 70 valence electrons. The molecule has 2 fully saturated rings. The molecule has 0 aromatic rings. The molecule has 1 saturated heterocycles. The van der Waals surface area contributed by atoms with Gasteiger partial charge < -0.3 is 0 Å². The molecule has 0 atom stereocenters. The second-order valence-corrected chi connectivity index (χ2v) is 8.84. The van der Waals surface area contributed by atoms with Gasteiger partial charge in [-0.3, -0.25) is 0 Å². The number of hydrogen-bond donors (Lipinski definition) is 0. The van der Waals surface area contributed by atoms with E-state index in [0.29, 0.717) is 0 Å². The van der Waals surface area contributed by atoms with Crippen molar-refractivity contribution in [3.05, 3.63) is 0 Å². The molecule has 0 aromatic carbocycles. The van der Waals surface area contributed by atoms with Gasteiger partial charge in [0.1, 0.15) is 0 Å². The molecule has 1 aliphatic carbocycles. The molecule has 0 aromatic heterocycles. The molecule has 0 amide bonds. The lowest BCUT2D eigenvalue weighted by Crippen LogP contribution is -2.29. The minimum absolute atomic E-state index is 0.0994. The first-order valence-electron chi connectivity index (χ1n) is 6.09. The van der Waals surface area contributed by atoms with Crippen molar-refractivity contribution in [3.8, 4) is 0 Å². The fourth-order valence-electron chi connectivity index (χ4n) is 2.78.